The molecule has 1 aliphatic heterocycles. The Hall–Kier alpha value is -2.99. The first-order valence-corrected chi connectivity index (χ1v) is 9.89. The topological polar surface area (TPSA) is 76.7 Å². The molecular formula is C22H23ClN2O4. The van der Waals surface area contributed by atoms with E-state index in [-0.39, 0.29) is 6.61 Å². The standard InChI is InChI=1S/C22H23ClN2O4/c1-3-12-29-17-11-10-15(23)13-16(17)20-18(21(26)28-4-2)19(24-22(27)25-20)14-8-6-5-7-9-14/h5-11,13,20H,3-4,12H2,1-2H3,(H2,24,25,27). The van der Waals surface area contributed by atoms with Crippen LogP contribution in [0.25, 0.3) is 5.70 Å². The number of halogens is 1. The van der Waals surface area contributed by atoms with Gasteiger partial charge in [0.05, 0.1) is 30.5 Å². The van der Waals surface area contributed by atoms with E-state index in [0.717, 1.165) is 6.42 Å². The van der Waals surface area contributed by atoms with E-state index in [2.05, 4.69) is 10.6 Å². The van der Waals surface area contributed by atoms with Crippen LogP contribution in [0.3, 0.4) is 0 Å². The first kappa shape index (κ1) is 20.7. The lowest BCUT2D eigenvalue weighted by Crippen LogP contribution is -2.45. The van der Waals surface area contributed by atoms with Crippen molar-refractivity contribution in [2.45, 2.75) is 26.3 Å². The molecule has 0 aliphatic carbocycles. The molecule has 0 radical (unpaired) electrons. The van der Waals surface area contributed by atoms with E-state index in [4.69, 9.17) is 21.1 Å². The maximum Gasteiger partial charge on any atom is 0.338 e. The summed E-state index contributed by atoms with van der Waals surface area (Å²) in [6.07, 6.45) is 0.816. The number of amides is 2. The van der Waals surface area contributed by atoms with Crippen LogP contribution in [0.4, 0.5) is 4.79 Å². The van der Waals surface area contributed by atoms with Crippen LogP contribution in [-0.2, 0) is 9.53 Å². The highest BCUT2D eigenvalue weighted by Crippen LogP contribution is 2.37. The maximum absolute atomic E-state index is 12.9. The number of ether oxygens (including phenoxy) is 2. The van der Waals surface area contributed by atoms with Gasteiger partial charge in [-0.05, 0) is 37.1 Å². The molecule has 0 bridgehead atoms. The van der Waals surface area contributed by atoms with Gasteiger partial charge in [0.25, 0.3) is 0 Å². The van der Waals surface area contributed by atoms with Gasteiger partial charge in [0.1, 0.15) is 5.75 Å². The van der Waals surface area contributed by atoms with Gasteiger partial charge in [-0.3, -0.25) is 0 Å². The fourth-order valence-electron chi connectivity index (χ4n) is 3.15. The Kier molecular flexibility index (Phi) is 6.77. The monoisotopic (exact) mass is 414 g/mol. The average Bonchev–Trinajstić information content (AvgIpc) is 2.73. The van der Waals surface area contributed by atoms with E-state index in [0.29, 0.717) is 39.8 Å². The minimum atomic E-state index is -0.774. The van der Waals surface area contributed by atoms with Crippen molar-refractivity contribution in [2.75, 3.05) is 13.2 Å². The zero-order valence-electron chi connectivity index (χ0n) is 16.3. The summed E-state index contributed by atoms with van der Waals surface area (Å²) >= 11 is 6.23. The third kappa shape index (κ3) is 4.71. The molecule has 2 N–H and O–H groups in total. The van der Waals surface area contributed by atoms with Gasteiger partial charge in [-0.2, -0.15) is 0 Å². The summed E-state index contributed by atoms with van der Waals surface area (Å²) in [5.74, 6) is 0.0305. The van der Waals surface area contributed by atoms with Gasteiger partial charge in [0.2, 0.25) is 0 Å². The van der Waals surface area contributed by atoms with Crippen LogP contribution < -0.4 is 15.4 Å². The SMILES string of the molecule is CCCOc1ccc(Cl)cc1C1NC(=O)NC(c2ccccc2)=C1C(=O)OCC. The molecule has 1 heterocycles. The van der Waals surface area contributed by atoms with Crippen LogP contribution in [0.15, 0.2) is 54.1 Å². The van der Waals surface area contributed by atoms with Crippen LogP contribution in [0.1, 0.15) is 37.4 Å². The van der Waals surface area contributed by atoms with E-state index < -0.39 is 18.0 Å². The number of urea groups is 1. The number of rotatable bonds is 7. The smallest absolute Gasteiger partial charge is 0.338 e. The number of carbonyl (C=O) groups excluding carboxylic acids is 2. The molecule has 0 spiro atoms. The third-order valence-corrected chi connectivity index (χ3v) is 4.61. The third-order valence-electron chi connectivity index (χ3n) is 4.37. The summed E-state index contributed by atoms with van der Waals surface area (Å²) in [4.78, 5) is 25.4. The molecule has 29 heavy (non-hydrogen) atoms. The van der Waals surface area contributed by atoms with Gasteiger partial charge in [-0.15, -0.1) is 0 Å². The predicted octanol–water partition coefficient (Wildman–Crippen LogP) is 4.46. The van der Waals surface area contributed by atoms with Crippen molar-refractivity contribution in [1.29, 1.82) is 0 Å². The molecule has 2 aromatic rings. The van der Waals surface area contributed by atoms with Crippen LogP contribution in [0.2, 0.25) is 5.02 Å². The molecular weight excluding hydrogens is 392 g/mol. The van der Waals surface area contributed by atoms with Crippen LogP contribution in [0, 0.1) is 0 Å². The molecule has 0 saturated carbocycles. The molecule has 1 atom stereocenters. The van der Waals surface area contributed by atoms with Gasteiger partial charge >= 0.3 is 12.0 Å². The molecule has 0 fully saturated rings. The van der Waals surface area contributed by atoms with Gasteiger partial charge in [-0.1, -0.05) is 48.9 Å². The lowest BCUT2D eigenvalue weighted by molar-refractivity contribution is -0.138. The van der Waals surface area contributed by atoms with Crippen molar-refractivity contribution < 1.29 is 19.1 Å². The van der Waals surface area contributed by atoms with Crippen molar-refractivity contribution in [3.8, 4) is 5.75 Å². The number of carbonyl (C=O) groups is 2. The molecule has 3 rings (SSSR count). The molecule has 2 amide bonds. The average molecular weight is 415 g/mol. The van der Waals surface area contributed by atoms with E-state index in [1.807, 2.05) is 37.3 Å². The maximum atomic E-state index is 12.9. The predicted molar refractivity (Wildman–Crippen MR) is 112 cm³/mol. The zero-order valence-corrected chi connectivity index (χ0v) is 17.1. The Bertz CT molecular complexity index is 928. The van der Waals surface area contributed by atoms with Crippen molar-refractivity contribution in [3.63, 3.8) is 0 Å². The van der Waals surface area contributed by atoms with Crippen LogP contribution >= 0.6 is 11.6 Å². The molecule has 1 unspecified atom stereocenters. The summed E-state index contributed by atoms with van der Waals surface area (Å²) in [5, 5.41) is 6.05. The van der Waals surface area contributed by atoms with E-state index in [1.165, 1.54) is 0 Å². The summed E-state index contributed by atoms with van der Waals surface area (Å²) in [5.41, 5.74) is 1.99. The van der Waals surface area contributed by atoms with Gasteiger partial charge in [-0.25, -0.2) is 9.59 Å². The van der Waals surface area contributed by atoms with E-state index in [1.54, 1.807) is 25.1 Å². The van der Waals surface area contributed by atoms with E-state index >= 15 is 0 Å². The Labute approximate surface area is 174 Å². The number of hydrogen-bond donors (Lipinski definition) is 2. The molecule has 7 heteroatoms. The Morgan fingerprint density at radius 2 is 1.90 bits per heavy atom. The van der Waals surface area contributed by atoms with E-state index in [9.17, 15) is 9.59 Å². The fraction of sp³-hybridized carbons (Fsp3) is 0.273. The second-order valence-corrected chi connectivity index (χ2v) is 6.87. The molecule has 6 nitrogen and oxygen atoms in total. The van der Waals surface area contributed by atoms with Crippen LogP contribution in [-0.4, -0.2) is 25.2 Å². The summed E-state index contributed by atoms with van der Waals surface area (Å²) < 4.78 is 11.2. The minimum Gasteiger partial charge on any atom is -0.493 e. The van der Waals surface area contributed by atoms with Gasteiger partial charge in [0, 0.05) is 10.6 Å². The van der Waals surface area contributed by atoms with Crippen molar-refractivity contribution in [2.24, 2.45) is 0 Å². The van der Waals surface area contributed by atoms with Crippen LogP contribution in [0.5, 0.6) is 5.75 Å². The molecule has 0 saturated heterocycles. The van der Waals surface area contributed by atoms with Gasteiger partial charge in [0.15, 0.2) is 0 Å². The zero-order chi connectivity index (χ0) is 20.8. The molecule has 152 valence electrons. The second-order valence-electron chi connectivity index (χ2n) is 6.44. The summed E-state index contributed by atoms with van der Waals surface area (Å²) in [6, 6.07) is 13.1. The lowest BCUT2D eigenvalue weighted by atomic mass is 9.92. The molecule has 1 aliphatic rings. The first-order valence-electron chi connectivity index (χ1n) is 9.51. The van der Waals surface area contributed by atoms with Crippen molar-refractivity contribution in [3.05, 3.63) is 70.3 Å². The quantitative estimate of drug-likeness (QED) is 0.656. The lowest BCUT2D eigenvalue weighted by Gasteiger charge is -2.30. The number of nitrogens with one attached hydrogen (secondary N) is 2. The largest absolute Gasteiger partial charge is 0.493 e. The number of hydrogen-bond acceptors (Lipinski definition) is 4. The highest BCUT2D eigenvalue weighted by atomic mass is 35.5. The Balaban J connectivity index is 2.19. The highest BCUT2D eigenvalue weighted by molar-refractivity contribution is 6.30. The second kappa shape index (κ2) is 9.47. The van der Waals surface area contributed by atoms with Gasteiger partial charge < -0.3 is 20.1 Å². The highest BCUT2D eigenvalue weighted by Gasteiger charge is 2.36. The summed E-state index contributed by atoms with van der Waals surface area (Å²) in [6.45, 7) is 4.44. The van der Waals surface area contributed by atoms with Crippen molar-refractivity contribution in [1.82, 2.24) is 10.6 Å². The molecule has 0 aromatic heterocycles. The Morgan fingerprint density at radius 1 is 1.14 bits per heavy atom. The van der Waals surface area contributed by atoms with Crippen molar-refractivity contribution >= 4 is 29.3 Å². The molecule has 2 aromatic carbocycles. The Morgan fingerprint density at radius 3 is 2.59 bits per heavy atom. The fourth-order valence-corrected chi connectivity index (χ4v) is 3.33. The number of esters is 1. The number of benzene rings is 2. The summed E-state index contributed by atoms with van der Waals surface area (Å²) in [7, 11) is 0. The normalized spacial score (nSPS) is 16.1. The first-order chi connectivity index (χ1) is 14.0. The minimum absolute atomic E-state index is 0.208.